The number of nitrogens with zero attached hydrogens (tertiary/aromatic N) is 1. The Labute approximate surface area is 117 Å². The average Bonchev–Trinajstić information content (AvgIpc) is 2.44. The molecule has 112 valence electrons. The van der Waals surface area contributed by atoms with Crippen molar-refractivity contribution in [3.63, 3.8) is 0 Å². The zero-order chi connectivity index (χ0) is 14.3. The highest BCUT2D eigenvalue weighted by Gasteiger charge is 2.34. The number of carboxylic acid groups (broad SMARTS) is 1. The maximum atomic E-state index is 11.4. The molecule has 4 heteroatoms. The molecule has 1 fully saturated rings. The largest absolute Gasteiger partial charge is 0.480 e. The Balaban J connectivity index is 2.31. The van der Waals surface area contributed by atoms with Gasteiger partial charge in [-0.2, -0.15) is 0 Å². The SMILES string of the molecule is CCC1CCN(CCCC(CC)(NC)C(=O)O)CC1. The van der Waals surface area contributed by atoms with Crippen molar-refractivity contribution < 1.29 is 9.90 Å². The van der Waals surface area contributed by atoms with E-state index in [-0.39, 0.29) is 0 Å². The molecule has 1 atom stereocenters. The molecule has 4 nitrogen and oxygen atoms in total. The first-order valence-corrected chi connectivity index (χ1v) is 7.72. The summed E-state index contributed by atoms with van der Waals surface area (Å²) in [5, 5.41) is 12.4. The number of hydrogen-bond donors (Lipinski definition) is 2. The Kier molecular flexibility index (Phi) is 6.80. The van der Waals surface area contributed by atoms with Crippen LogP contribution < -0.4 is 5.32 Å². The van der Waals surface area contributed by atoms with E-state index in [1.807, 2.05) is 6.92 Å². The van der Waals surface area contributed by atoms with Crippen molar-refractivity contribution in [2.45, 2.75) is 57.9 Å². The Morgan fingerprint density at radius 3 is 2.42 bits per heavy atom. The van der Waals surface area contributed by atoms with Crippen LogP contribution in [0.15, 0.2) is 0 Å². The number of hydrogen-bond acceptors (Lipinski definition) is 3. The summed E-state index contributed by atoms with van der Waals surface area (Å²) >= 11 is 0. The number of carboxylic acids is 1. The second-order valence-corrected chi connectivity index (χ2v) is 5.79. The van der Waals surface area contributed by atoms with Gasteiger partial charge in [0.15, 0.2) is 0 Å². The van der Waals surface area contributed by atoms with Crippen LogP contribution in [0.25, 0.3) is 0 Å². The first-order valence-electron chi connectivity index (χ1n) is 7.72. The van der Waals surface area contributed by atoms with Crippen molar-refractivity contribution in [1.29, 1.82) is 0 Å². The van der Waals surface area contributed by atoms with Crippen molar-refractivity contribution in [3.8, 4) is 0 Å². The zero-order valence-electron chi connectivity index (χ0n) is 12.7. The fourth-order valence-corrected chi connectivity index (χ4v) is 3.07. The molecule has 0 aromatic carbocycles. The van der Waals surface area contributed by atoms with Gasteiger partial charge in [0.1, 0.15) is 5.54 Å². The number of piperidine rings is 1. The van der Waals surface area contributed by atoms with E-state index in [9.17, 15) is 9.90 Å². The normalized spacial score (nSPS) is 21.2. The number of likely N-dealkylation sites (N-methyl/N-ethyl adjacent to an activating group) is 1. The van der Waals surface area contributed by atoms with Crippen molar-refractivity contribution in [1.82, 2.24) is 10.2 Å². The van der Waals surface area contributed by atoms with Crippen molar-refractivity contribution in [2.24, 2.45) is 5.92 Å². The Hall–Kier alpha value is -0.610. The minimum Gasteiger partial charge on any atom is -0.480 e. The molecule has 0 bridgehead atoms. The molecular weight excluding hydrogens is 240 g/mol. The van der Waals surface area contributed by atoms with Gasteiger partial charge in [0.05, 0.1) is 0 Å². The van der Waals surface area contributed by atoms with Gasteiger partial charge in [0.25, 0.3) is 0 Å². The maximum Gasteiger partial charge on any atom is 0.323 e. The molecule has 1 aliphatic heterocycles. The van der Waals surface area contributed by atoms with Gasteiger partial charge in [-0.15, -0.1) is 0 Å². The monoisotopic (exact) mass is 270 g/mol. The highest BCUT2D eigenvalue weighted by molar-refractivity contribution is 5.78. The molecule has 0 saturated carbocycles. The molecule has 19 heavy (non-hydrogen) atoms. The average molecular weight is 270 g/mol. The minimum absolute atomic E-state index is 0.636. The summed E-state index contributed by atoms with van der Waals surface area (Å²) in [6.45, 7) is 7.62. The van der Waals surface area contributed by atoms with E-state index in [0.29, 0.717) is 12.8 Å². The van der Waals surface area contributed by atoms with Crippen LogP contribution in [-0.2, 0) is 4.79 Å². The topological polar surface area (TPSA) is 52.6 Å². The summed E-state index contributed by atoms with van der Waals surface area (Å²) < 4.78 is 0. The first kappa shape index (κ1) is 16.4. The summed E-state index contributed by atoms with van der Waals surface area (Å²) in [5.74, 6) is 0.185. The number of nitrogens with one attached hydrogen (secondary N) is 1. The second-order valence-electron chi connectivity index (χ2n) is 5.79. The van der Waals surface area contributed by atoms with Crippen LogP contribution in [0.5, 0.6) is 0 Å². The standard InChI is InChI=1S/C15H30N2O2/c1-4-13-7-11-17(12-8-13)10-6-9-15(5-2,16-3)14(18)19/h13,16H,4-12H2,1-3H3,(H,18,19). The van der Waals surface area contributed by atoms with E-state index in [1.165, 1.54) is 32.4 Å². The number of likely N-dealkylation sites (tertiary alicyclic amines) is 1. The first-order chi connectivity index (χ1) is 9.07. The number of carbonyl (C=O) groups is 1. The zero-order valence-corrected chi connectivity index (χ0v) is 12.7. The molecule has 1 rings (SSSR count). The number of aliphatic carboxylic acids is 1. The highest BCUT2D eigenvalue weighted by atomic mass is 16.4. The molecule has 1 heterocycles. The molecule has 0 spiro atoms. The van der Waals surface area contributed by atoms with Gasteiger partial charge in [-0.05, 0) is 64.7 Å². The van der Waals surface area contributed by atoms with Crippen molar-refractivity contribution >= 4 is 5.97 Å². The molecule has 0 aromatic rings. The summed E-state index contributed by atoms with van der Waals surface area (Å²) in [6.07, 6.45) is 6.21. The molecule has 0 radical (unpaired) electrons. The molecule has 1 unspecified atom stereocenters. The lowest BCUT2D eigenvalue weighted by Gasteiger charge is -2.33. The van der Waals surface area contributed by atoms with Crippen LogP contribution in [-0.4, -0.2) is 48.2 Å². The Morgan fingerprint density at radius 1 is 1.37 bits per heavy atom. The summed E-state index contributed by atoms with van der Waals surface area (Å²) in [4.78, 5) is 13.9. The van der Waals surface area contributed by atoms with Gasteiger partial charge >= 0.3 is 5.97 Å². The predicted molar refractivity (Wildman–Crippen MR) is 78.4 cm³/mol. The molecule has 2 N–H and O–H groups in total. The van der Waals surface area contributed by atoms with Gasteiger partial charge < -0.3 is 15.3 Å². The molecule has 0 aliphatic carbocycles. The fourth-order valence-electron chi connectivity index (χ4n) is 3.07. The van der Waals surface area contributed by atoms with Gasteiger partial charge in [-0.3, -0.25) is 4.79 Å². The van der Waals surface area contributed by atoms with Crippen LogP contribution in [0, 0.1) is 5.92 Å². The third kappa shape index (κ3) is 4.46. The maximum absolute atomic E-state index is 11.4. The summed E-state index contributed by atoms with van der Waals surface area (Å²) in [7, 11) is 1.75. The summed E-state index contributed by atoms with van der Waals surface area (Å²) in [6, 6.07) is 0. The van der Waals surface area contributed by atoms with E-state index in [4.69, 9.17) is 0 Å². The number of rotatable bonds is 8. The Bertz CT molecular complexity index is 269. The van der Waals surface area contributed by atoms with Crippen LogP contribution in [0.2, 0.25) is 0 Å². The van der Waals surface area contributed by atoms with E-state index < -0.39 is 11.5 Å². The van der Waals surface area contributed by atoms with E-state index in [2.05, 4.69) is 17.1 Å². The minimum atomic E-state index is -0.734. The lowest BCUT2D eigenvalue weighted by Crippen LogP contribution is -2.50. The van der Waals surface area contributed by atoms with Crippen molar-refractivity contribution in [2.75, 3.05) is 26.7 Å². The van der Waals surface area contributed by atoms with Gasteiger partial charge in [0, 0.05) is 0 Å². The lowest BCUT2D eigenvalue weighted by molar-refractivity contribution is -0.145. The molecular formula is C15H30N2O2. The van der Waals surface area contributed by atoms with E-state index >= 15 is 0 Å². The van der Waals surface area contributed by atoms with Gasteiger partial charge in [-0.1, -0.05) is 20.3 Å². The lowest BCUT2D eigenvalue weighted by atomic mass is 9.90. The van der Waals surface area contributed by atoms with Gasteiger partial charge in [-0.25, -0.2) is 0 Å². The van der Waals surface area contributed by atoms with Crippen LogP contribution in [0.1, 0.15) is 52.4 Å². The Morgan fingerprint density at radius 2 is 2.00 bits per heavy atom. The predicted octanol–water partition coefficient (Wildman–Crippen LogP) is 2.34. The van der Waals surface area contributed by atoms with Crippen LogP contribution in [0.3, 0.4) is 0 Å². The van der Waals surface area contributed by atoms with Crippen molar-refractivity contribution in [3.05, 3.63) is 0 Å². The molecule has 0 aromatic heterocycles. The summed E-state index contributed by atoms with van der Waals surface area (Å²) in [5.41, 5.74) is -0.734. The molecule has 0 amide bonds. The molecule has 1 aliphatic rings. The smallest absolute Gasteiger partial charge is 0.323 e. The molecule has 1 saturated heterocycles. The van der Waals surface area contributed by atoms with Gasteiger partial charge in [0.2, 0.25) is 0 Å². The van der Waals surface area contributed by atoms with E-state index in [1.54, 1.807) is 7.05 Å². The van der Waals surface area contributed by atoms with E-state index in [0.717, 1.165) is 18.9 Å². The van der Waals surface area contributed by atoms with Crippen LogP contribution in [0.4, 0.5) is 0 Å². The highest BCUT2D eigenvalue weighted by Crippen LogP contribution is 2.22. The fraction of sp³-hybridized carbons (Fsp3) is 0.933. The third-order valence-corrected chi connectivity index (χ3v) is 4.85. The second kappa shape index (κ2) is 7.85. The quantitative estimate of drug-likeness (QED) is 0.711. The third-order valence-electron chi connectivity index (χ3n) is 4.85. The van der Waals surface area contributed by atoms with Crippen LogP contribution >= 0.6 is 0 Å².